The minimum absolute atomic E-state index is 0.146. The van der Waals surface area contributed by atoms with Gasteiger partial charge in [0.1, 0.15) is 0 Å². The lowest BCUT2D eigenvalue weighted by molar-refractivity contribution is -0.124. The molecular formula is C10H21N3O. The van der Waals surface area contributed by atoms with Crippen LogP contribution in [-0.4, -0.2) is 43.0 Å². The molecule has 1 saturated heterocycles. The van der Waals surface area contributed by atoms with Gasteiger partial charge in [0, 0.05) is 18.6 Å². The van der Waals surface area contributed by atoms with E-state index in [-0.39, 0.29) is 17.4 Å². The summed E-state index contributed by atoms with van der Waals surface area (Å²) < 4.78 is 0. The fourth-order valence-electron chi connectivity index (χ4n) is 1.61. The molecule has 0 aromatic rings. The summed E-state index contributed by atoms with van der Waals surface area (Å²) in [6, 6.07) is 0. The lowest BCUT2D eigenvalue weighted by atomic mass is 10.1. The Hall–Kier alpha value is -0.610. The first-order chi connectivity index (χ1) is 6.38. The smallest absolute Gasteiger partial charge is 0.224 e. The van der Waals surface area contributed by atoms with Crippen molar-refractivity contribution in [2.75, 3.05) is 26.7 Å². The van der Waals surface area contributed by atoms with Crippen LogP contribution in [0.15, 0.2) is 0 Å². The highest BCUT2D eigenvalue weighted by Gasteiger charge is 2.26. The second-order valence-corrected chi connectivity index (χ2v) is 4.95. The molecule has 0 spiro atoms. The van der Waals surface area contributed by atoms with Gasteiger partial charge in [-0.25, -0.2) is 0 Å². The Morgan fingerprint density at radius 2 is 2.29 bits per heavy atom. The molecule has 1 aliphatic rings. The van der Waals surface area contributed by atoms with E-state index < -0.39 is 0 Å². The number of nitrogens with zero attached hydrogens (tertiary/aromatic N) is 1. The molecule has 1 rings (SSSR count). The van der Waals surface area contributed by atoms with Crippen LogP contribution < -0.4 is 11.1 Å². The van der Waals surface area contributed by atoms with E-state index in [0.717, 1.165) is 19.5 Å². The van der Waals surface area contributed by atoms with Crippen LogP contribution >= 0.6 is 0 Å². The average molecular weight is 199 g/mol. The van der Waals surface area contributed by atoms with Crippen molar-refractivity contribution in [2.45, 2.75) is 25.8 Å². The quantitative estimate of drug-likeness (QED) is 0.661. The van der Waals surface area contributed by atoms with E-state index in [1.54, 1.807) is 0 Å². The van der Waals surface area contributed by atoms with E-state index >= 15 is 0 Å². The third kappa shape index (κ3) is 3.64. The van der Waals surface area contributed by atoms with Crippen molar-refractivity contribution in [1.29, 1.82) is 0 Å². The van der Waals surface area contributed by atoms with Gasteiger partial charge in [-0.15, -0.1) is 0 Å². The molecule has 0 radical (unpaired) electrons. The van der Waals surface area contributed by atoms with E-state index in [0.29, 0.717) is 6.54 Å². The Balaban J connectivity index is 2.29. The lowest BCUT2D eigenvalue weighted by Crippen LogP contribution is -2.46. The standard InChI is InChI=1S/C10H21N3O/c1-10(2,11)7-12-9(14)8-4-5-13(3)6-8/h8H,4-7,11H2,1-3H3,(H,12,14). The largest absolute Gasteiger partial charge is 0.354 e. The minimum atomic E-state index is -0.319. The van der Waals surface area contributed by atoms with Crippen molar-refractivity contribution in [3.05, 3.63) is 0 Å². The third-order valence-electron chi connectivity index (χ3n) is 2.48. The molecule has 0 aromatic carbocycles. The van der Waals surface area contributed by atoms with E-state index in [9.17, 15) is 4.79 Å². The summed E-state index contributed by atoms with van der Waals surface area (Å²) in [6.07, 6.45) is 0.966. The van der Waals surface area contributed by atoms with Crippen molar-refractivity contribution >= 4 is 5.91 Å². The van der Waals surface area contributed by atoms with Crippen molar-refractivity contribution in [2.24, 2.45) is 11.7 Å². The first-order valence-electron chi connectivity index (χ1n) is 5.13. The van der Waals surface area contributed by atoms with Crippen LogP contribution in [0.2, 0.25) is 0 Å². The van der Waals surface area contributed by atoms with E-state index in [1.807, 2.05) is 20.9 Å². The van der Waals surface area contributed by atoms with Gasteiger partial charge in [0.15, 0.2) is 0 Å². The molecule has 0 saturated carbocycles. The van der Waals surface area contributed by atoms with Crippen LogP contribution in [0.25, 0.3) is 0 Å². The van der Waals surface area contributed by atoms with Gasteiger partial charge in [-0.1, -0.05) is 0 Å². The summed E-state index contributed by atoms with van der Waals surface area (Å²) >= 11 is 0. The fourth-order valence-corrected chi connectivity index (χ4v) is 1.61. The Kier molecular flexibility index (Phi) is 3.50. The van der Waals surface area contributed by atoms with Crippen LogP contribution in [0.5, 0.6) is 0 Å². The van der Waals surface area contributed by atoms with E-state index in [4.69, 9.17) is 5.73 Å². The highest BCUT2D eigenvalue weighted by atomic mass is 16.1. The normalized spacial score (nSPS) is 23.9. The van der Waals surface area contributed by atoms with Gasteiger partial charge in [-0.3, -0.25) is 4.79 Å². The number of rotatable bonds is 3. The highest BCUT2D eigenvalue weighted by Crippen LogP contribution is 2.14. The molecular weight excluding hydrogens is 178 g/mol. The molecule has 4 nitrogen and oxygen atoms in total. The predicted octanol–water partition coefficient (Wildman–Crippen LogP) is -0.208. The number of hydrogen-bond acceptors (Lipinski definition) is 3. The second kappa shape index (κ2) is 4.28. The molecule has 1 amide bonds. The van der Waals surface area contributed by atoms with E-state index in [2.05, 4.69) is 10.2 Å². The van der Waals surface area contributed by atoms with Gasteiger partial charge in [0.2, 0.25) is 5.91 Å². The molecule has 1 heterocycles. The predicted molar refractivity (Wildman–Crippen MR) is 56.9 cm³/mol. The monoisotopic (exact) mass is 199 g/mol. The van der Waals surface area contributed by atoms with Gasteiger partial charge in [0.25, 0.3) is 0 Å². The maximum atomic E-state index is 11.6. The van der Waals surface area contributed by atoms with Crippen LogP contribution in [0.3, 0.4) is 0 Å². The Morgan fingerprint density at radius 1 is 1.64 bits per heavy atom. The molecule has 0 bridgehead atoms. The van der Waals surface area contributed by atoms with Crippen molar-refractivity contribution in [3.63, 3.8) is 0 Å². The number of likely N-dealkylation sites (tertiary alicyclic amines) is 1. The molecule has 0 aromatic heterocycles. The summed E-state index contributed by atoms with van der Waals surface area (Å²) in [7, 11) is 2.04. The van der Waals surface area contributed by atoms with Gasteiger partial charge in [-0.2, -0.15) is 0 Å². The lowest BCUT2D eigenvalue weighted by Gasteiger charge is -2.20. The SMILES string of the molecule is CN1CCC(C(=O)NCC(C)(C)N)C1. The first kappa shape index (κ1) is 11.5. The van der Waals surface area contributed by atoms with Crippen LogP contribution in [0.1, 0.15) is 20.3 Å². The second-order valence-electron chi connectivity index (χ2n) is 4.95. The maximum Gasteiger partial charge on any atom is 0.224 e. The molecule has 1 aliphatic heterocycles. The average Bonchev–Trinajstić information content (AvgIpc) is 2.46. The number of nitrogens with two attached hydrogens (primary N) is 1. The minimum Gasteiger partial charge on any atom is -0.354 e. The van der Waals surface area contributed by atoms with Gasteiger partial charge >= 0.3 is 0 Å². The summed E-state index contributed by atoms with van der Waals surface area (Å²) in [6.45, 7) is 6.26. The molecule has 1 unspecified atom stereocenters. The molecule has 1 fully saturated rings. The van der Waals surface area contributed by atoms with Gasteiger partial charge in [-0.05, 0) is 33.9 Å². The first-order valence-corrected chi connectivity index (χ1v) is 5.13. The maximum absolute atomic E-state index is 11.6. The number of carbonyl (C=O) groups is 1. The summed E-state index contributed by atoms with van der Waals surface area (Å²) in [5, 5.41) is 2.89. The fraction of sp³-hybridized carbons (Fsp3) is 0.900. The topological polar surface area (TPSA) is 58.4 Å². The summed E-state index contributed by atoms with van der Waals surface area (Å²) in [4.78, 5) is 13.8. The van der Waals surface area contributed by atoms with Crippen molar-refractivity contribution in [3.8, 4) is 0 Å². The zero-order valence-corrected chi connectivity index (χ0v) is 9.34. The molecule has 1 atom stereocenters. The Labute approximate surface area is 85.8 Å². The molecule has 3 N–H and O–H groups in total. The molecule has 82 valence electrons. The zero-order valence-electron chi connectivity index (χ0n) is 9.34. The number of nitrogens with one attached hydrogen (secondary N) is 1. The van der Waals surface area contributed by atoms with Crippen LogP contribution in [0, 0.1) is 5.92 Å². The zero-order chi connectivity index (χ0) is 10.8. The van der Waals surface area contributed by atoms with E-state index in [1.165, 1.54) is 0 Å². The highest BCUT2D eigenvalue weighted by molar-refractivity contribution is 5.79. The van der Waals surface area contributed by atoms with Crippen molar-refractivity contribution < 1.29 is 4.79 Å². The summed E-state index contributed by atoms with van der Waals surface area (Å²) in [5.74, 6) is 0.301. The van der Waals surface area contributed by atoms with Gasteiger partial charge < -0.3 is 16.0 Å². The van der Waals surface area contributed by atoms with Crippen LogP contribution in [0.4, 0.5) is 0 Å². The third-order valence-corrected chi connectivity index (χ3v) is 2.48. The van der Waals surface area contributed by atoms with Gasteiger partial charge in [0.05, 0.1) is 5.92 Å². The van der Waals surface area contributed by atoms with Crippen molar-refractivity contribution in [1.82, 2.24) is 10.2 Å². The molecule has 4 heteroatoms. The Bertz CT molecular complexity index is 210. The Morgan fingerprint density at radius 3 is 2.71 bits per heavy atom. The molecule has 0 aliphatic carbocycles. The van der Waals surface area contributed by atoms with Crippen LogP contribution in [-0.2, 0) is 4.79 Å². The molecule has 14 heavy (non-hydrogen) atoms. The number of hydrogen-bond donors (Lipinski definition) is 2. The number of carbonyl (C=O) groups excluding carboxylic acids is 1. The summed E-state index contributed by atoms with van der Waals surface area (Å²) in [5.41, 5.74) is 5.47. The number of amides is 1.